The summed E-state index contributed by atoms with van der Waals surface area (Å²) in [4.78, 5) is 21.1. The fourth-order valence-corrected chi connectivity index (χ4v) is 0.893. The average Bonchev–Trinajstić information content (AvgIpc) is 2.19. The van der Waals surface area contributed by atoms with Crippen molar-refractivity contribution in [1.29, 1.82) is 0 Å². The lowest BCUT2D eigenvalue weighted by molar-refractivity contribution is -0.137. The van der Waals surface area contributed by atoms with Gasteiger partial charge in [-0.2, -0.15) is 0 Å². The van der Waals surface area contributed by atoms with Crippen molar-refractivity contribution in [3.63, 3.8) is 0 Å². The molecule has 0 spiro atoms. The third-order valence-electron chi connectivity index (χ3n) is 1.61. The van der Waals surface area contributed by atoms with Crippen LogP contribution in [0.5, 0.6) is 0 Å². The van der Waals surface area contributed by atoms with E-state index in [0.29, 0.717) is 6.42 Å². The molecule has 0 aliphatic carbocycles. The molecule has 0 radical (unpaired) electrons. The summed E-state index contributed by atoms with van der Waals surface area (Å²) in [6.45, 7) is -0.471. The number of aliphatic carboxylic acids is 1. The van der Waals surface area contributed by atoms with Gasteiger partial charge in [-0.25, -0.2) is 8.78 Å². The molecule has 5 nitrogen and oxygen atoms in total. The topological polar surface area (TPSA) is 75.6 Å². The van der Waals surface area contributed by atoms with Gasteiger partial charge in [0.05, 0.1) is 6.61 Å². The highest BCUT2D eigenvalue weighted by Gasteiger charge is 2.04. The SMILES string of the molecule is O=C(O)CCCNC(=O)CCOCC(F)F. The van der Waals surface area contributed by atoms with Crippen LogP contribution in [0.4, 0.5) is 8.78 Å². The smallest absolute Gasteiger partial charge is 0.303 e. The molecule has 0 aromatic rings. The van der Waals surface area contributed by atoms with Gasteiger partial charge in [0.1, 0.15) is 6.61 Å². The number of carbonyl (C=O) groups is 2. The van der Waals surface area contributed by atoms with Crippen LogP contribution in [0.25, 0.3) is 0 Å². The molecule has 7 heteroatoms. The number of rotatable bonds is 9. The number of carboxylic acids is 1. The van der Waals surface area contributed by atoms with Gasteiger partial charge in [-0.15, -0.1) is 0 Å². The van der Waals surface area contributed by atoms with E-state index in [4.69, 9.17) is 5.11 Å². The van der Waals surface area contributed by atoms with E-state index in [1.165, 1.54) is 0 Å². The number of carboxylic acid groups (broad SMARTS) is 1. The lowest BCUT2D eigenvalue weighted by Gasteiger charge is -2.05. The Hall–Kier alpha value is -1.24. The molecule has 0 aromatic carbocycles. The summed E-state index contributed by atoms with van der Waals surface area (Å²) in [6.07, 6.45) is -2.19. The third kappa shape index (κ3) is 10.8. The number of hydrogen-bond donors (Lipinski definition) is 2. The fraction of sp³-hybridized carbons (Fsp3) is 0.778. The lowest BCUT2D eigenvalue weighted by Crippen LogP contribution is -2.26. The van der Waals surface area contributed by atoms with Crippen LogP contribution in [0.1, 0.15) is 19.3 Å². The maximum absolute atomic E-state index is 11.6. The molecule has 0 aliphatic rings. The first kappa shape index (κ1) is 14.8. The van der Waals surface area contributed by atoms with Crippen molar-refractivity contribution >= 4 is 11.9 Å². The number of nitrogens with one attached hydrogen (secondary N) is 1. The lowest BCUT2D eigenvalue weighted by atomic mass is 10.3. The molecule has 0 saturated carbocycles. The van der Waals surface area contributed by atoms with Gasteiger partial charge >= 0.3 is 5.97 Å². The fourth-order valence-electron chi connectivity index (χ4n) is 0.893. The maximum Gasteiger partial charge on any atom is 0.303 e. The van der Waals surface area contributed by atoms with E-state index < -0.39 is 19.0 Å². The van der Waals surface area contributed by atoms with Crippen molar-refractivity contribution in [2.24, 2.45) is 0 Å². The van der Waals surface area contributed by atoms with Gasteiger partial charge in [0.15, 0.2) is 0 Å². The van der Waals surface area contributed by atoms with Crippen molar-refractivity contribution in [2.75, 3.05) is 19.8 Å². The highest BCUT2D eigenvalue weighted by atomic mass is 19.3. The molecule has 2 N–H and O–H groups in total. The molecule has 16 heavy (non-hydrogen) atoms. The predicted octanol–water partition coefficient (Wildman–Crippen LogP) is 0.639. The molecular formula is C9H15F2NO4. The van der Waals surface area contributed by atoms with Crippen LogP contribution in [0, 0.1) is 0 Å². The number of halogens is 2. The normalized spacial score (nSPS) is 10.4. The van der Waals surface area contributed by atoms with Gasteiger partial charge in [0, 0.05) is 19.4 Å². The Morgan fingerprint density at radius 3 is 2.56 bits per heavy atom. The highest BCUT2D eigenvalue weighted by molar-refractivity contribution is 5.76. The summed E-state index contributed by atoms with van der Waals surface area (Å²) in [7, 11) is 0. The number of ether oxygens (including phenoxy) is 1. The van der Waals surface area contributed by atoms with Crippen LogP contribution in [0.2, 0.25) is 0 Å². The van der Waals surface area contributed by atoms with Gasteiger partial charge in [0.25, 0.3) is 6.43 Å². The number of alkyl halides is 2. The summed E-state index contributed by atoms with van der Waals surface area (Å²) in [5, 5.41) is 10.8. The van der Waals surface area contributed by atoms with Gasteiger partial charge < -0.3 is 15.2 Å². The largest absolute Gasteiger partial charge is 0.481 e. The molecular weight excluding hydrogens is 224 g/mol. The standard InChI is InChI=1S/C9H15F2NO4/c10-7(11)6-16-5-3-8(13)12-4-1-2-9(14)15/h7H,1-6H2,(H,12,13)(H,14,15). The van der Waals surface area contributed by atoms with Crippen LogP contribution >= 0.6 is 0 Å². The zero-order chi connectivity index (χ0) is 12.4. The molecule has 94 valence electrons. The maximum atomic E-state index is 11.6. The molecule has 0 heterocycles. The molecule has 0 aromatic heterocycles. The van der Waals surface area contributed by atoms with Crippen LogP contribution in [0.3, 0.4) is 0 Å². The summed E-state index contributed by atoms with van der Waals surface area (Å²) in [5.74, 6) is -1.26. The Morgan fingerprint density at radius 1 is 1.31 bits per heavy atom. The zero-order valence-electron chi connectivity index (χ0n) is 8.75. The Labute approximate surface area is 91.8 Å². The second kappa shape index (κ2) is 9.02. The molecule has 0 bridgehead atoms. The summed E-state index contributed by atoms with van der Waals surface area (Å²) in [5.41, 5.74) is 0. The Bertz CT molecular complexity index is 224. The Morgan fingerprint density at radius 2 is 2.00 bits per heavy atom. The molecule has 0 saturated heterocycles. The summed E-state index contributed by atoms with van der Waals surface area (Å²) < 4.78 is 27.7. The van der Waals surface area contributed by atoms with Crippen LogP contribution in [-0.2, 0) is 14.3 Å². The molecule has 0 aliphatic heterocycles. The third-order valence-corrected chi connectivity index (χ3v) is 1.61. The Kier molecular flexibility index (Phi) is 8.32. The van der Waals surface area contributed by atoms with E-state index in [9.17, 15) is 18.4 Å². The second-order valence-corrected chi connectivity index (χ2v) is 3.06. The highest BCUT2D eigenvalue weighted by Crippen LogP contribution is 1.93. The predicted molar refractivity (Wildman–Crippen MR) is 51.3 cm³/mol. The first-order valence-electron chi connectivity index (χ1n) is 4.86. The van der Waals surface area contributed by atoms with Gasteiger partial charge in [-0.05, 0) is 6.42 Å². The van der Waals surface area contributed by atoms with Crippen LogP contribution in [0.15, 0.2) is 0 Å². The van der Waals surface area contributed by atoms with Crippen molar-refractivity contribution in [2.45, 2.75) is 25.7 Å². The first-order chi connectivity index (χ1) is 7.52. The van der Waals surface area contributed by atoms with Crippen molar-refractivity contribution in [3.8, 4) is 0 Å². The Balaban J connectivity index is 3.28. The zero-order valence-corrected chi connectivity index (χ0v) is 8.75. The molecule has 0 rings (SSSR count). The van der Waals surface area contributed by atoms with Crippen molar-refractivity contribution < 1.29 is 28.2 Å². The van der Waals surface area contributed by atoms with E-state index >= 15 is 0 Å². The van der Waals surface area contributed by atoms with Crippen LogP contribution < -0.4 is 5.32 Å². The van der Waals surface area contributed by atoms with Crippen LogP contribution in [-0.4, -0.2) is 43.2 Å². The van der Waals surface area contributed by atoms with E-state index in [1.54, 1.807) is 0 Å². The van der Waals surface area contributed by atoms with Crippen molar-refractivity contribution in [3.05, 3.63) is 0 Å². The number of amides is 1. The number of carbonyl (C=O) groups excluding carboxylic acids is 1. The van der Waals surface area contributed by atoms with E-state index in [0.717, 1.165) is 0 Å². The second-order valence-electron chi connectivity index (χ2n) is 3.06. The van der Waals surface area contributed by atoms with Gasteiger partial charge in [-0.1, -0.05) is 0 Å². The minimum atomic E-state index is -2.53. The first-order valence-corrected chi connectivity index (χ1v) is 4.86. The molecule has 0 fully saturated rings. The minimum Gasteiger partial charge on any atom is -0.481 e. The van der Waals surface area contributed by atoms with Gasteiger partial charge in [-0.3, -0.25) is 9.59 Å². The molecule has 0 atom stereocenters. The van der Waals surface area contributed by atoms with E-state index in [2.05, 4.69) is 10.1 Å². The summed E-state index contributed by atoms with van der Waals surface area (Å²) in [6, 6.07) is 0. The van der Waals surface area contributed by atoms with E-state index in [-0.39, 0.29) is 31.9 Å². The average molecular weight is 239 g/mol. The summed E-state index contributed by atoms with van der Waals surface area (Å²) >= 11 is 0. The number of hydrogen-bond acceptors (Lipinski definition) is 3. The molecule has 1 amide bonds. The quantitative estimate of drug-likeness (QED) is 0.579. The van der Waals surface area contributed by atoms with Gasteiger partial charge in [0.2, 0.25) is 5.91 Å². The van der Waals surface area contributed by atoms with E-state index in [1.807, 2.05) is 0 Å². The minimum absolute atomic E-state index is 0.000207. The molecule has 0 unspecified atom stereocenters. The monoisotopic (exact) mass is 239 g/mol. The van der Waals surface area contributed by atoms with Crippen molar-refractivity contribution in [1.82, 2.24) is 5.32 Å².